The lowest BCUT2D eigenvalue weighted by molar-refractivity contribution is 0.229. The van der Waals surface area contributed by atoms with Gasteiger partial charge in [-0.15, -0.1) is 0 Å². The van der Waals surface area contributed by atoms with Crippen LogP contribution in [0.3, 0.4) is 0 Å². The molecule has 0 aliphatic carbocycles. The number of hydrogen-bond donors (Lipinski definition) is 1. The van der Waals surface area contributed by atoms with Crippen molar-refractivity contribution >= 4 is 11.8 Å². The third-order valence-corrected chi connectivity index (χ3v) is 5.17. The highest BCUT2D eigenvalue weighted by atomic mass is 32.2. The fraction of sp³-hybridized carbons (Fsp3) is 0.625. The van der Waals surface area contributed by atoms with E-state index >= 15 is 0 Å². The smallest absolute Gasteiger partial charge is 0.119 e. The second kappa shape index (κ2) is 7.34. The summed E-state index contributed by atoms with van der Waals surface area (Å²) >= 11 is 1.99. The lowest BCUT2D eigenvalue weighted by atomic mass is 10.1. The third kappa shape index (κ3) is 4.14. The molecule has 0 saturated carbocycles. The molecule has 3 nitrogen and oxygen atoms in total. The van der Waals surface area contributed by atoms with Crippen molar-refractivity contribution in [2.75, 3.05) is 44.2 Å². The largest absolute Gasteiger partial charge is 0.490 e. The lowest BCUT2D eigenvalue weighted by Crippen LogP contribution is -2.44. The van der Waals surface area contributed by atoms with Crippen LogP contribution in [0.15, 0.2) is 24.3 Å². The van der Waals surface area contributed by atoms with E-state index < -0.39 is 0 Å². The van der Waals surface area contributed by atoms with Gasteiger partial charge in [-0.3, -0.25) is 0 Å². The summed E-state index contributed by atoms with van der Waals surface area (Å²) in [6.07, 6.45) is 2.75. The van der Waals surface area contributed by atoms with Crippen molar-refractivity contribution in [1.82, 2.24) is 10.2 Å². The van der Waals surface area contributed by atoms with Gasteiger partial charge in [0.15, 0.2) is 0 Å². The first-order valence-corrected chi connectivity index (χ1v) is 8.82. The van der Waals surface area contributed by atoms with Crippen molar-refractivity contribution in [2.45, 2.75) is 18.9 Å². The highest BCUT2D eigenvalue weighted by molar-refractivity contribution is 7.99. The van der Waals surface area contributed by atoms with E-state index in [2.05, 4.69) is 34.5 Å². The molecule has 0 amide bonds. The molecular formula is C16H24N2OS. The number of benzene rings is 1. The number of ether oxygens (including phenoxy) is 1. The summed E-state index contributed by atoms with van der Waals surface area (Å²) in [5, 5.41) is 3.39. The van der Waals surface area contributed by atoms with Gasteiger partial charge >= 0.3 is 0 Å². The van der Waals surface area contributed by atoms with Crippen LogP contribution in [-0.4, -0.2) is 55.2 Å². The van der Waals surface area contributed by atoms with Crippen molar-refractivity contribution in [3.05, 3.63) is 29.8 Å². The molecule has 2 saturated heterocycles. The quantitative estimate of drug-likeness (QED) is 0.897. The highest BCUT2D eigenvalue weighted by Crippen LogP contribution is 2.23. The van der Waals surface area contributed by atoms with Crippen molar-refractivity contribution in [3.63, 3.8) is 0 Å². The number of piperazine rings is 1. The summed E-state index contributed by atoms with van der Waals surface area (Å²) in [6.45, 7) is 5.79. The Morgan fingerprint density at radius 1 is 1.20 bits per heavy atom. The molecule has 1 N–H and O–H groups in total. The van der Waals surface area contributed by atoms with Crippen LogP contribution in [0.1, 0.15) is 12.0 Å². The van der Waals surface area contributed by atoms with Gasteiger partial charge in [0, 0.05) is 38.5 Å². The van der Waals surface area contributed by atoms with Crippen LogP contribution in [0.25, 0.3) is 0 Å². The molecular weight excluding hydrogens is 268 g/mol. The Hall–Kier alpha value is -0.710. The number of nitrogens with zero attached hydrogens (tertiary/aromatic N) is 1. The Labute approximate surface area is 126 Å². The zero-order valence-electron chi connectivity index (χ0n) is 12.0. The van der Waals surface area contributed by atoms with Gasteiger partial charge < -0.3 is 15.0 Å². The first-order valence-electron chi connectivity index (χ1n) is 7.66. The molecule has 3 rings (SSSR count). The van der Waals surface area contributed by atoms with E-state index in [0.29, 0.717) is 6.10 Å². The minimum atomic E-state index is 0.423. The Kier molecular flexibility index (Phi) is 5.23. The van der Waals surface area contributed by atoms with Crippen molar-refractivity contribution in [2.24, 2.45) is 0 Å². The topological polar surface area (TPSA) is 24.5 Å². The Morgan fingerprint density at radius 2 is 2.00 bits per heavy atom. The summed E-state index contributed by atoms with van der Waals surface area (Å²) in [6, 6.07) is 8.71. The average molecular weight is 292 g/mol. The lowest BCUT2D eigenvalue weighted by Gasteiger charge is -2.27. The van der Waals surface area contributed by atoms with E-state index in [9.17, 15) is 0 Å². The molecule has 110 valence electrons. The van der Waals surface area contributed by atoms with E-state index in [1.165, 1.54) is 37.4 Å². The molecule has 2 heterocycles. The van der Waals surface area contributed by atoms with Crippen LogP contribution in [0.4, 0.5) is 0 Å². The predicted molar refractivity (Wildman–Crippen MR) is 85.8 cm³/mol. The van der Waals surface area contributed by atoms with Gasteiger partial charge in [0.2, 0.25) is 0 Å². The zero-order valence-corrected chi connectivity index (χ0v) is 12.8. The van der Waals surface area contributed by atoms with E-state index in [1.807, 2.05) is 11.8 Å². The molecule has 2 fully saturated rings. The van der Waals surface area contributed by atoms with Crippen LogP contribution in [-0.2, 0) is 6.42 Å². The Balaban J connectivity index is 1.45. The van der Waals surface area contributed by atoms with Crippen LogP contribution < -0.4 is 10.1 Å². The molecule has 0 aromatic heterocycles. The summed E-state index contributed by atoms with van der Waals surface area (Å²) < 4.78 is 5.99. The van der Waals surface area contributed by atoms with Crippen LogP contribution in [0.5, 0.6) is 5.75 Å². The summed E-state index contributed by atoms with van der Waals surface area (Å²) in [5.41, 5.74) is 1.41. The van der Waals surface area contributed by atoms with Crippen molar-refractivity contribution in [1.29, 1.82) is 0 Å². The Morgan fingerprint density at radius 3 is 2.70 bits per heavy atom. The standard InChI is InChI=1S/C16H24N2OS/c1-3-15(19-16-6-12-20-13-16)4-2-14(1)5-9-18-10-7-17-8-11-18/h1-4,16-17H,5-13H2. The predicted octanol–water partition coefficient (Wildman–Crippen LogP) is 2.02. The van der Waals surface area contributed by atoms with Crippen LogP contribution >= 0.6 is 11.8 Å². The van der Waals surface area contributed by atoms with Gasteiger partial charge in [0.1, 0.15) is 11.9 Å². The summed E-state index contributed by atoms with van der Waals surface area (Å²) in [5.74, 6) is 3.42. The maximum Gasteiger partial charge on any atom is 0.119 e. The number of hydrogen-bond acceptors (Lipinski definition) is 4. The zero-order chi connectivity index (χ0) is 13.6. The molecule has 1 aromatic carbocycles. The van der Waals surface area contributed by atoms with Crippen LogP contribution in [0.2, 0.25) is 0 Å². The maximum absolute atomic E-state index is 5.99. The normalized spacial score (nSPS) is 23.9. The first kappa shape index (κ1) is 14.2. The van der Waals surface area contributed by atoms with E-state index in [-0.39, 0.29) is 0 Å². The molecule has 1 aromatic rings. The molecule has 1 atom stereocenters. The molecule has 20 heavy (non-hydrogen) atoms. The van der Waals surface area contributed by atoms with E-state index in [4.69, 9.17) is 4.74 Å². The summed E-state index contributed by atoms with van der Waals surface area (Å²) in [4.78, 5) is 2.54. The molecule has 0 bridgehead atoms. The Bertz CT molecular complexity index is 397. The minimum Gasteiger partial charge on any atom is -0.490 e. The maximum atomic E-state index is 5.99. The monoisotopic (exact) mass is 292 g/mol. The van der Waals surface area contributed by atoms with Gasteiger partial charge in [0.25, 0.3) is 0 Å². The number of rotatable bonds is 5. The first-order chi connectivity index (χ1) is 9.90. The fourth-order valence-electron chi connectivity index (χ4n) is 2.75. The van der Waals surface area contributed by atoms with Gasteiger partial charge in [-0.2, -0.15) is 11.8 Å². The molecule has 2 aliphatic rings. The minimum absolute atomic E-state index is 0.423. The fourth-order valence-corrected chi connectivity index (χ4v) is 3.85. The number of nitrogens with one attached hydrogen (secondary N) is 1. The second-order valence-electron chi connectivity index (χ2n) is 5.59. The molecule has 0 spiro atoms. The van der Waals surface area contributed by atoms with Gasteiger partial charge in [-0.25, -0.2) is 0 Å². The van der Waals surface area contributed by atoms with Gasteiger partial charge in [-0.05, 0) is 36.3 Å². The molecule has 4 heteroatoms. The second-order valence-corrected chi connectivity index (χ2v) is 6.74. The number of thioether (sulfide) groups is 1. The molecule has 0 radical (unpaired) electrons. The van der Waals surface area contributed by atoms with Gasteiger partial charge in [-0.1, -0.05) is 12.1 Å². The average Bonchev–Trinajstić information content (AvgIpc) is 3.01. The third-order valence-electron chi connectivity index (χ3n) is 4.04. The van der Waals surface area contributed by atoms with Crippen molar-refractivity contribution < 1.29 is 4.74 Å². The van der Waals surface area contributed by atoms with Crippen molar-refractivity contribution in [3.8, 4) is 5.75 Å². The molecule has 1 unspecified atom stereocenters. The molecule has 2 aliphatic heterocycles. The van der Waals surface area contributed by atoms with Gasteiger partial charge in [0.05, 0.1) is 0 Å². The SMILES string of the molecule is c1cc(OC2CCSC2)ccc1CCN1CCNCC1. The van der Waals surface area contributed by atoms with E-state index in [1.54, 1.807) is 0 Å². The van der Waals surface area contributed by atoms with E-state index in [0.717, 1.165) is 31.0 Å². The highest BCUT2D eigenvalue weighted by Gasteiger charge is 2.16. The summed E-state index contributed by atoms with van der Waals surface area (Å²) in [7, 11) is 0. The van der Waals surface area contributed by atoms with Crippen LogP contribution in [0, 0.1) is 0 Å².